The van der Waals surface area contributed by atoms with E-state index in [1.54, 1.807) is 18.0 Å². The summed E-state index contributed by atoms with van der Waals surface area (Å²) in [6, 6.07) is 0. The maximum Gasteiger partial charge on any atom is 0.126 e. The predicted molar refractivity (Wildman–Crippen MR) is 70.7 cm³/mol. The molecule has 0 aromatic carbocycles. The summed E-state index contributed by atoms with van der Waals surface area (Å²) in [6.07, 6.45) is 5.78. The van der Waals surface area contributed by atoms with Gasteiger partial charge in [0.15, 0.2) is 0 Å². The van der Waals surface area contributed by atoms with Crippen LogP contribution in [0.5, 0.6) is 0 Å². The van der Waals surface area contributed by atoms with Crippen molar-refractivity contribution in [1.82, 2.24) is 9.78 Å². The Hall–Kier alpha value is -0.580. The number of aliphatic hydroxyl groups is 1. The van der Waals surface area contributed by atoms with E-state index in [1.165, 1.54) is 0 Å². The third kappa shape index (κ3) is 2.29. The van der Waals surface area contributed by atoms with E-state index < -0.39 is 11.7 Å². The van der Waals surface area contributed by atoms with E-state index in [1.807, 2.05) is 0 Å². The molecule has 1 aromatic rings. The van der Waals surface area contributed by atoms with Crippen LogP contribution in [0.2, 0.25) is 5.02 Å². The molecule has 102 valence electrons. The van der Waals surface area contributed by atoms with Crippen LogP contribution in [-0.4, -0.2) is 27.6 Å². The number of methoxy groups -OCH3 is 1. The summed E-state index contributed by atoms with van der Waals surface area (Å²) in [4.78, 5) is 0. The summed E-state index contributed by atoms with van der Waals surface area (Å²) in [7, 11) is 1.67. The number of rotatable bonds is 5. The SMILES string of the molecule is CCCn1ncc(Cl)c1C(O)C1(OC)CCCC1. The van der Waals surface area contributed by atoms with Crippen LogP contribution in [0.15, 0.2) is 6.20 Å². The van der Waals surface area contributed by atoms with Crippen molar-refractivity contribution in [3.05, 3.63) is 16.9 Å². The van der Waals surface area contributed by atoms with E-state index in [2.05, 4.69) is 12.0 Å². The number of aromatic nitrogens is 2. The maximum absolute atomic E-state index is 10.7. The third-order valence-electron chi connectivity index (χ3n) is 3.88. The molecule has 1 unspecified atom stereocenters. The molecule has 1 aliphatic rings. The van der Waals surface area contributed by atoms with Crippen LogP contribution in [0.4, 0.5) is 0 Å². The Kier molecular flexibility index (Phi) is 4.30. The summed E-state index contributed by atoms with van der Waals surface area (Å²) < 4.78 is 7.42. The van der Waals surface area contributed by atoms with Crippen molar-refractivity contribution >= 4 is 11.6 Å². The molecule has 1 N–H and O–H groups in total. The average molecular weight is 273 g/mol. The quantitative estimate of drug-likeness (QED) is 0.896. The van der Waals surface area contributed by atoms with Crippen LogP contribution in [-0.2, 0) is 11.3 Å². The highest BCUT2D eigenvalue weighted by Gasteiger charge is 2.43. The van der Waals surface area contributed by atoms with Crippen molar-refractivity contribution in [2.45, 2.75) is 57.3 Å². The van der Waals surface area contributed by atoms with Gasteiger partial charge in [0.1, 0.15) is 6.10 Å². The predicted octanol–water partition coefficient (Wildman–Crippen LogP) is 2.94. The molecule has 0 saturated heterocycles. The van der Waals surface area contributed by atoms with E-state index >= 15 is 0 Å². The van der Waals surface area contributed by atoms with Gasteiger partial charge in [-0.1, -0.05) is 31.4 Å². The first kappa shape index (κ1) is 13.8. The highest BCUT2D eigenvalue weighted by molar-refractivity contribution is 6.31. The first-order valence-corrected chi connectivity index (χ1v) is 6.97. The lowest BCUT2D eigenvalue weighted by Gasteiger charge is -2.33. The van der Waals surface area contributed by atoms with Crippen molar-refractivity contribution in [2.24, 2.45) is 0 Å². The number of aliphatic hydroxyl groups excluding tert-OH is 1. The Bertz CT molecular complexity index is 400. The van der Waals surface area contributed by atoms with Crippen LogP contribution in [0.1, 0.15) is 50.8 Å². The van der Waals surface area contributed by atoms with E-state index in [0.29, 0.717) is 10.7 Å². The van der Waals surface area contributed by atoms with Crippen LogP contribution in [0.25, 0.3) is 0 Å². The fourth-order valence-corrected chi connectivity index (χ4v) is 3.09. The standard InChI is InChI=1S/C13H21ClN2O2/c1-3-8-16-11(10(14)9-15-16)12(17)13(18-2)6-4-5-7-13/h9,12,17H,3-8H2,1-2H3. The van der Waals surface area contributed by atoms with Gasteiger partial charge in [0.2, 0.25) is 0 Å². The van der Waals surface area contributed by atoms with Crippen LogP contribution in [0.3, 0.4) is 0 Å². The summed E-state index contributed by atoms with van der Waals surface area (Å²) in [5.74, 6) is 0. The van der Waals surface area contributed by atoms with Gasteiger partial charge in [-0.25, -0.2) is 0 Å². The zero-order chi connectivity index (χ0) is 13.2. The molecule has 1 aliphatic carbocycles. The van der Waals surface area contributed by atoms with E-state index in [9.17, 15) is 5.11 Å². The minimum atomic E-state index is -0.702. The van der Waals surface area contributed by atoms with Crippen LogP contribution in [0, 0.1) is 0 Å². The number of nitrogens with zero attached hydrogens (tertiary/aromatic N) is 2. The van der Waals surface area contributed by atoms with Crippen molar-refractivity contribution in [1.29, 1.82) is 0 Å². The number of ether oxygens (including phenoxy) is 1. The van der Waals surface area contributed by atoms with E-state index in [4.69, 9.17) is 16.3 Å². The summed E-state index contributed by atoms with van der Waals surface area (Å²) in [5, 5.41) is 15.4. The monoisotopic (exact) mass is 272 g/mol. The maximum atomic E-state index is 10.7. The first-order valence-electron chi connectivity index (χ1n) is 6.59. The second-order valence-corrected chi connectivity index (χ2v) is 5.39. The van der Waals surface area contributed by atoms with Crippen LogP contribution >= 0.6 is 11.6 Å². The molecule has 0 bridgehead atoms. The summed E-state index contributed by atoms with van der Waals surface area (Å²) in [5.41, 5.74) is 0.206. The van der Waals surface area contributed by atoms with Crippen molar-refractivity contribution in [2.75, 3.05) is 7.11 Å². The molecular formula is C13H21ClN2O2. The van der Waals surface area contributed by atoms with E-state index in [0.717, 1.165) is 38.6 Å². The number of hydrogen-bond donors (Lipinski definition) is 1. The van der Waals surface area contributed by atoms with Gasteiger partial charge >= 0.3 is 0 Å². The highest BCUT2D eigenvalue weighted by Crippen LogP contribution is 2.44. The molecule has 5 heteroatoms. The minimum absolute atomic E-state index is 0.491. The van der Waals surface area contributed by atoms with Crippen molar-refractivity contribution in [3.63, 3.8) is 0 Å². The molecule has 4 nitrogen and oxygen atoms in total. The Labute approximate surface area is 113 Å². The zero-order valence-corrected chi connectivity index (χ0v) is 11.8. The molecule has 2 rings (SSSR count). The minimum Gasteiger partial charge on any atom is -0.384 e. The van der Waals surface area contributed by atoms with Gasteiger partial charge in [-0.3, -0.25) is 4.68 Å². The summed E-state index contributed by atoms with van der Waals surface area (Å²) >= 11 is 6.17. The highest BCUT2D eigenvalue weighted by atomic mass is 35.5. The largest absolute Gasteiger partial charge is 0.384 e. The lowest BCUT2D eigenvalue weighted by atomic mass is 9.92. The molecular weight excluding hydrogens is 252 g/mol. The van der Waals surface area contributed by atoms with Gasteiger partial charge in [0.05, 0.1) is 22.5 Å². The Morgan fingerprint density at radius 3 is 2.78 bits per heavy atom. The van der Waals surface area contributed by atoms with Gasteiger partial charge < -0.3 is 9.84 Å². The average Bonchev–Trinajstić information content (AvgIpc) is 2.97. The molecule has 1 saturated carbocycles. The molecule has 1 heterocycles. The Morgan fingerprint density at radius 1 is 1.56 bits per heavy atom. The van der Waals surface area contributed by atoms with Gasteiger partial charge in [0.25, 0.3) is 0 Å². The Morgan fingerprint density at radius 2 is 2.22 bits per heavy atom. The topological polar surface area (TPSA) is 47.3 Å². The number of hydrogen-bond acceptors (Lipinski definition) is 3. The second kappa shape index (κ2) is 5.59. The number of aryl methyl sites for hydroxylation is 1. The second-order valence-electron chi connectivity index (χ2n) is 4.98. The molecule has 1 fully saturated rings. The van der Waals surface area contributed by atoms with Gasteiger partial charge in [-0.05, 0) is 19.3 Å². The normalized spacial score (nSPS) is 20.2. The Balaban J connectivity index is 2.32. The molecule has 0 radical (unpaired) electrons. The van der Waals surface area contributed by atoms with Crippen molar-refractivity contribution in [3.8, 4) is 0 Å². The molecule has 1 atom stereocenters. The van der Waals surface area contributed by atoms with Crippen LogP contribution < -0.4 is 0 Å². The number of halogens is 1. The van der Waals surface area contributed by atoms with Gasteiger partial charge in [-0.2, -0.15) is 5.10 Å². The molecule has 1 aromatic heterocycles. The fourth-order valence-electron chi connectivity index (χ4n) is 2.85. The lowest BCUT2D eigenvalue weighted by Crippen LogP contribution is -2.36. The fraction of sp³-hybridized carbons (Fsp3) is 0.769. The summed E-state index contributed by atoms with van der Waals surface area (Å²) in [6.45, 7) is 2.84. The first-order chi connectivity index (χ1) is 8.64. The van der Waals surface area contributed by atoms with E-state index in [-0.39, 0.29) is 0 Å². The molecule has 0 amide bonds. The van der Waals surface area contributed by atoms with Gasteiger partial charge in [-0.15, -0.1) is 0 Å². The van der Waals surface area contributed by atoms with Gasteiger partial charge in [0, 0.05) is 13.7 Å². The zero-order valence-electron chi connectivity index (χ0n) is 11.0. The lowest BCUT2D eigenvalue weighted by molar-refractivity contribution is -0.103. The molecule has 18 heavy (non-hydrogen) atoms. The third-order valence-corrected chi connectivity index (χ3v) is 4.17. The van der Waals surface area contributed by atoms with Crippen molar-refractivity contribution < 1.29 is 9.84 Å². The molecule has 0 aliphatic heterocycles. The molecule has 0 spiro atoms. The smallest absolute Gasteiger partial charge is 0.126 e.